The molecule has 0 aliphatic heterocycles. The Labute approximate surface area is 139 Å². The number of ketones is 1. The highest BCUT2D eigenvalue weighted by molar-refractivity contribution is 6.08. The fourth-order valence-corrected chi connectivity index (χ4v) is 2.02. The first-order valence-corrected chi connectivity index (χ1v) is 7.54. The number of hydrogen-bond donors (Lipinski definition) is 2. The van der Waals surface area contributed by atoms with Gasteiger partial charge < -0.3 is 14.9 Å². The van der Waals surface area contributed by atoms with Gasteiger partial charge in [-0.05, 0) is 42.3 Å². The molecule has 0 amide bonds. The molecule has 0 unspecified atom stereocenters. The molecule has 2 aromatic rings. The summed E-state index contributed by atoms with van der Waals surface area (Å²) in [4.78, 5) is 23.6. The fourth-order valence-electron chi connectivity index (χ4n) is 2.02. The molecule has 0 aliphatic carbocycles. The maximum Gasteiger partial charge on any atom is 0.311 e. The highest BCUT2D eigenvalue weighted by Gasteiger charge is 2.11. The number of phenolic OH excluding ortho intramolecular Hbond substituents is 2. The molecule has 0 aromatic heterocycles. The van der Waals surface area contributed by atoms with Crippen LogP contribution in [0.4, 0.5) is 0 Å². The lowest BCUT2D eigenvalue weighted by molar-refractivity contribution is -0.134. The van der Waals surface area contributed by atoms with E-state index in [2.05, 4.69) is 0 Å². The van der Waals surface area contributed by atoms with Crippen molar-refractivity contribution in [3.63, 3.8) is 0 Å². The lowest BCUT2D eigenvalue weighted by Crippen LogP contribution is -2.07. The monoisotopic (exact) mass is 326 g/mol. The Morgan fingerprint density at radius 2 is 1.79 bits per heavy atom. The minimum atomic E-state index is -0.386. The zero-order valence-corrected chi connectivity index (χ0v) is 13.2. The Balaban J connectivity index is 2.09. The molecule has 0 radical (unpaired) electrons. The number of carbonyl (C=O) groups is 2. The van der Waals surface area contributed by atoms with Crippen LogP contribution in [-0.4, -0.2) is 22.0 Å². The van der Waals surface area contributed by atoms with Gasteiger partial charge in [-0.1, -0.05) is 25.1 Å². The van der Waals surface area contributed by atoms with E-state index in [-0.39, 0.29) is 41.0 Å². The molecule has 124 valence electrons. The third-order valence-electron chi connectivity index (χ3n) is 3.24. The largest absolute Gasteiger partial charge is 0.508 e. The number of rotatable bonds is 6. The first kappa shape index (κ1) is 17.3. The lowest BCUT2D eigenvalue weighted by atomic mass is 10.1. The van der Waals surface area contributed by atoms with Crippen molar-refractivity contribution in [2.75, 3.05) is 0 Å². The van der Waals surface area contributed by atoms with Crippen LogP contribution in [0.2, 0.25) is 0 Å². The normalized spacial score (nSPS) is 10.7. The smallest absolute Gasteiger partial charge is 0.311 e. The van der Waals surface area contributed by atoms with Crippen LogP contribution in [0.1, 0.15) is 35.7 Å². The quantitative estimate of drug-likeness (QED) is 0.366. The summed E-state index contributed by atoms with van der Waals surface area (Å²) < 4.78 is 5.06. The topological polar surface area (TPSA) is 83.8 Å². The molecule has 0 atom stereocenters. The minimum Gasteiger partial charge on any atom is -0.508 e. The number of hydrogen-bond acceptors (Lipinski definition) is 5. The van der Waals surface area contributed by atoms with Crippen LogP contribution in [0.15, 0.2) is 48.5 Å². The van der Waals surface area contributed by atoms with E-state index in [1.165, 1.54) is 36.4 Å². The number of esters is 1. The average Bonchev–Trinajstić information content (AvgIpc) is 2.54. The molecule has 0 aliphatic rings. The lowest BCUT2D eigenvalue weighted by Gasteiger charge is -2.06. The average molecular weight is 326 g/mol. The number of phenols is 2. The highest BCUT2D eigenvalue weighted by atomic mass is 16.5. The molecular weight excluding hydrogens is 308 g/mol. The van der Waals surface area contributed by atoms with Crippen LogP contribution in [0.25, 0.3) is 6.08 Å². The molecule has 5 heteroatoms. The Kier molecular flexibility index (Phi) is 5.73. The van der Waals surface area contributed by atoms with Crippen molar-refractivity contribution in [1.82, 2.24) is 0 Å². The molecular formula is C19H18O5. The zero-order chi connectivity index (χ0) is 17.5. The van der Waals surface area contributed by atoms with E-state index >= 15 is 0 Å². The summed E-state index contributed by atoms with van der Waals surface area (Å²) in [6.45, 7) is 1.86. The van der Waals surface area contributed by atoms with E-state index in [1.807, 2.05) is 6.92 Å². The Morgan fingerprint density at radius 1 is 1.08 bits per heavy atom. The van der Waals surface area contributed by atoms with E-state index in [0.717, 1.165) is 5.56 Å². The van der Waals surface area contributed by atoms with Crippen LogP contribution < -0.4 is 4.74 Å². The van der Waals surface area contributed by atoms with Crippen molar-refractivity contribution >= 4 is 17.8 Å². The first-order chi connectivity index (χ1) is 11.5. The van der Waals surface area contributed by atoms with Crippen LogP contribution in [0, 0.1) is 0 Å². The Hall–Kier alpha value is -3.08. The standard InChI is InChI=1S/C19H18O5/c1-2-3-19(23)24-15-9-10-16(18(22)12-15)17(21)11-6-13-4-7-14(20)8-5-13/h4-12,20,22H,2-3H2,1H3/b11-6+. The maximum atomic E-state index is 12.1. The Bertz CT molecular complexity index is 760. The second-order valence-electron chi connectivity index (χ2n) is 5.19. The fraction of sp³-hybridized carbons (Fsp3) is 0.158. The van der Waals surface area contributed by atoms with Crippen molar-refractivity contribution in [2.45, 2.75) is 19.8 Å². The van der Waals surface area contributed by atoms with Gasteiger partial charge in [-0.15, -0.1) is 0 Å². The molecule has 0 bridgehead atoms. The van der Waals surface area contributed by atoms with Gasteiger partial charge in [-0.25, -0.2) is 0 Å². The van der Waals surface area contributed by atoms with Crippen LogP contribution in [-0.2, 0) is 4.79 Å². The van der Waals surface area contributed by atoms with Gasteiger partial charge in [0.1, 0.15) is 17.2 Å². The van der Waals surface area contributed by atoms with Crippen molar-refractivity contribution < 1.29 is 24.5 Å². The third-order valence-corrected chi connectivity index (χ3v) is 3.24. The van der Waals surface area contributed by atoms with Gasteiger partial charge in [-0.2, -0.15) is 0 Å². The maximum absolute atomic E-state index is 12.1. The van der Waals surface area contributed by atoms with E-state index in [0.29, 0.717) is 6.42 Å². The van der Waals surface area contributed by atoms with Crippen molar-refractivity contribution in [1.29, 1.82) is 0 Å². The van der Waals surface area contributed by atoms with Crippen molar-refractivity contribution in [3.8, 4) is 17.2 Å². The van der Waals surface area contributed by atoms with Crippen LogP contribution in [0.5, 0.6) is 17.2 Å². The van der Waals surface area contributed by atoms with Crippen LogP contribution >= 0.6 is 0 Å². The molecule has 0 spiro atoms. The molecule has 5 nitrogen and oxygen atoms in total. The summed E-state index contributed by atoms with van der Waals surface area (Å²) in [5, 5.41) is 19.2. The number of aromatic hydroxyl groups is 2. The van der Waals surface area contributed by atoms with Gasteiger partial charge >= 0.3 is 5.97 Å². The number of benzene rings is 2. The van der Waals surface area contributed by atoms with Crippen molar-refractivity contribution in [2.24, 2.45) is 0 Å². The number of allylic oxidation sites excluding steroid dienone is 1. The van der Waals surface area contributed by atoms with Gasteiger partial charge in [0.15, 0.2) is 5.78 Å². The molecule has 2 N–H and O–H groups in total. The summed E-state index contributed by atoms with van der Waals surface area (Å²) >= 11 is 0. The molecule has 2 rings (SSSR count). The van der Waals surface area contributed by atoms with E-state index < -0.39 is 0 Å². The summed E-state index contributed by atoms with van der Waals surface area (Å²) in [5.41, 5.74) is 0.853. The summed E-state index contributed by atoms with van der Waals surface area (Å²) in [6, 6.07) is 10.5. The van der Waals surface area contributed by atoms with Crippen LogP contribution in [0.3, 0.4) is 0 Å². The van der Waals surface area contributed by atoms with E-state index in [4.69, 9.17) is 4.74 Å². The predicted octanol–water partition coefficient (Wildman–Crippen LogP) is 3.70. The summed E-state index contributed by atoms with van der Waals surface area (Å²) in [7, 11) is 0. The molecule has 24 heavy (non-hydrogen) atoms. The van der Waals surface area contributed by atoms with Gasteiger partial charge in [0.05, 0.1) is 5.56 Å². The zero-order valence-electron chi connectivity index (χ0n) is 13.2. The second kappa shape index (κ2) is 7.97. The molecule has 0 saturated carbocycles. The van der Waals surface area contributed by atoms with Gasteiger partial charge in [0, 0.05) is 12.5 Å². The van der Waals surface area contributed by atoms with Gasteiger partial charge in [0.2, 0.25) is 0 Å². The molecule has 0 heterocycles. The molecule has 0 saturated heterocycles. The van der Waals surface area contributed by atoms with E-state index in [9.17, 15) is 19.8 Å². The first-order valence-electron chi connectivity index (χ1n) is 7.54. The molecule has 0 fully saturated rings. The Morgan fingerprint density at radius 3 is 2.42 bits per heavy atom. The van der Waals surface area contributed by atoms with Crippen molar-refractivity contribution in [3.05, 3.63) is 59.7 Å². The minimum absolute atomic E-state index is 0.111. The summed E-state index contributed by atoms with van der Waals surface area (Å²) in [6.07, 6.45) is 3.86. The van der Waals surface area contributed by atoms with E-state index in [1.54, 1.807) is 18.2 Å². The molecule has 2 aromatic carbocycles. The third kappa shape index (κ3) is 4.71. The summed E-state index contributed by atoms with van der Waals surface area (Å²) in [5.74, 6) is -0.679. The van der Waals surface area contributed by atoms with Gasteiger partial charge in [-0.3, -0.25) is 9.59 Å². The van der Waals surface area contributed by atoms with Gasteiger partial charge in [0.25, 0.3) is 0 Å². The highest BCUT2D eigenvalue weighted by Crippen LogP contribution is 2.25. The predicted molar refractivity (Wildman–Crippen MR) is 90.1 cm³/mol. The number of carbonyl (C=O) groups excluding carboxylic acids is 2. The number of ether oxygens (including phenoxy) is 1. The SMILES string of the molecule is CCCC(=O)Oc1ccc(C(=O)/C=C/c2ccc(O)cc2)c(O)c1. The second-order valence-corrected chi connectivity index (χ2v) is 5.19.